The summed E-state index contributed by atoms with van der Waals surface area (Å²) in [6.45, 7) is 0. The molecule has 4 amide bonds. The van der Waals surface area contributed by atoms with Crippen LogP contribution in [-0.4, -0.2) is 23.6 Å². The van der Waals surface area contributed by atoms with Gasteiger partial charge in [-0.2, -0.15) is 0 Å². The van der Waals surface area contributed by atoms with Crippen LogP contribution in [0, 0.1) is 23.0 Å². The highest BCUT2D eigenvalue weighted by Gasteiger charge is 2.07. The average molecular weight is 294 g/mol. The molecule has 0 saturated heterocycles. The Balaban J connectivity index is 0.000000286. The lowest BCUT2D eigenvalue weighted by atomic mass is 10.6. The third-order valence-electron chi connectivity index (χ3n) is 1.41. The van der Waals surface area contributed by atoms with Crippen LogP contribution in [0.2, 0.25) is 0 Å². The maximum absolute atomic E-state index is 10.0. The molecule has 108 valence electrons. The fourth-order valence-electron chi connectivity index (χ4n) is 0.760. The van der Waals surface area contributed by atoms with E-state index in [0.29, 0.717) is 0 Å². The molecule has 2 aliphatic heterocycles. The molecule has 2 aliphatic rings. The summed E-state index contributed by atoms with van der Waals surface area (Å²) in [5.74, 6) is -1.31. The summed E-state index contributed by atoms with van der Waals surface area (Å²) in [7, 11) is 0. The van der Waals surface area contributed by atoms with Crippen molar-refractivity contribution in [1.29, 1.82) is 10.5 Å². The fourth-order valence-corrected chi connectivity index (χ4v) is 0.760. The van der Waals surface area contributed by atoms with Crippen molar-refractivity contribution in [3.05, 3.63) is 24.3 Å². The van der Waals surface area contributed by atoms with Gasteiger partial charge in [-0.3, -0.25) is 29.8 Å². The highest BCUT2D eigenvalue weighted by molar-refractivity contribution is 6.13. The number of hydrogen-bond acceptors (Lipinski definition) is 9. The molecule has 0 radical (unpaired) electrons. The van der Waals surface area contributed by atoms with E-state index in [1.165, 1.54) is 24.3 Å². The van der Waals surface area contributed by atoms with E-state index >= 15 is 0 Å². The van der Waals surface area contributed by atoms with Crippen molar-refractivity contribution in [2.24, 2.45) is 0 Å². The van der Waals surface area contributed by atoms with Crippen molar-refractivity contribution in [2.75, 3.05) is 0 Å². The Bertz CT molecular complexity index is 485. The Morgan fingerprint density at radius 2 is 1.00 bits per heavy atom. The molecule has 0 saturated carbocycles. The molecule has 0 aliphatic carbocycles. The first-order chi connectivity index (χ1) is 9.99. The minimum atomic E-state index is -0.329. The zero-order chi connectivity index (χ0) is 16.1. The maximum Gasteiger partial charge on any atom is 0.329 e. The van der Waals surface area contributed by atoms with Gasteiger partial charge in [-0.15, -0.1) is 10.5 Å². The molecule has 0 bridgehead atoms. The van der Waals surface area contributed by atoms with Crippen LogP contribution in [-0.2, 0) is 34.0 Å². The van der Waals surface area contributed by atoms with Crippen LogP contribution in [0.1, 0.15) is 0 Å². The van der Waals surface area contributed by atoms with Gasteiger partial charge in [0.05, 0.1) is 5.04 Å². The van der Waals surface area contributed by atoms with Gasteiger partial charge < -0.3 is 0 Å². The summed E-state index contributed by atoms with van der Waals surface area (Å²) in [6.07, 6.45) is 7.00. The summed E-state index contributed by atoms with van der Waals surface area (Å²) in [4.78, 5) is 47.0. The van der Waals surface area contributed by atoms with E-state index in [0.717, 1.165) is 12.5 Å². The first kappa shape index (κ1) is 17.3. The van der Waals surface area contributed by atoms with Gasteiger partial charge in [0.15, 0.2) is 0 Å². The topological polar surface area (TPSA) is 168 Å². The van der Waals surface area contributed by atoms with Crippen LogP contribution >= 0.6 is 0 Å². The third kappa shape index (κ3) is 9.95. The molecule has 2 rings (SSSR count). The van der Waals surface area contributed by atoms with Gasteiger partial charge in [-0.1, -0.05) is 0 Å². The second-order valence-electron chi connectivity index (χ2n) is 2.79. The number of rotatable bonds is 2. The van der Waals surface area contributed by atoms with Crippen LogP contribution in [0.15, 0.2) is 24.3 Å². The second kappa shape index (κ2) is 10.2. The number of imide groups is 2. The lowest BCUT2D eigenvalue weighted by molar-refractivity contribution is -0.453. The lowest BCUT2D eigenvalue weighted by Crippen LogP contribution is -2.19. The molecule has 11 heteroatoms. The van der Waals surface area contributed by atoms with Crippen molar-refractivity contribution in [2.45, 2.75) is 0 Å². The van der Waals surface area contributed by atoms with Crippen molar-refractivity contribution in [3.8, 4) is 12.5 Å². The van der Waals surface area contributed by atoms with Gasteiger partial charge in [0.2, 0.25) is 0 Å². The summed E-state index contributed by atoms with van der Waals surface area (Å²) in [5, 5.41) is 22.5. The van der Waals surface area contributed by atoms with E-state index in [4.69, 9.17) is 10.5 Å². The Kier molecular flexibility index (Phi) is 8.44. The quantitative estimate of drug-likeness (QED) is 0.197. The SMILES string of the molecule is N#COOOC#N.O=C1C=CC(=O)N1.O=C1C=CC(=O)N1. The largest absolute Gasteiger partial charge is 0.329 e. The van der Waals surface area contributed by atoms with Gasteiger partial charge in [-0.25, -0.2) is 9.78 Å². The predicted octanol–water partition coefficient (Wildman–Crippen LogP) is -1.77. The van der Waals surface area contributed by atoms with Crippen LogP contribution < -0.4 is 10.6 Å². The van der Waals surface area contributed by atoms with Crippen molar-refractivity contribution in [1.82, 2.24) is 10.6 Å². The summed E-state index contributed by atoms with van der Waals surface area (Å²) in [6, 6.07) is 0. The lowest BCUT2D eigenvalue weighted by Gasteiger charge is -1.80. The number of hydrogen-bond donors (Lipinski definition) is 2. The first-order valence-corrected chi connectivity index (χ1v) is 4.83. The molecule has 0 aromatic rings. The van der Waals surface area contributed by atoms with Crippen LogP contribution in [0.4, 0.5) is 0 Å². The van der Waals surface area contributed by atoms with Gasteiger partial charge in [-0.05, 0) is 0 Å². The van der Waals surface area contributed by atoms with E-state index in [-0.39, 0.29) is 23.6 Å². The van der Waals surface area contributed by atoms with Crippen LogP contribution in [0.3, 0.4) is 0 Å². The molecule has 11 nitrogen and oxygen atoms in total. The Morgan fingerprint density at radius 3 is 1.14 bits per heavy atom. The molecule has 0 fully saturated rings. The molecule has 21 heavy (non-hydrogen) atoms. The normalized spacial score (nSPS) is 13.6. The highest BCUT2D eigenvalue weighted by atomic mass is 17.5. The van der Waals surface area contributed by atoms with Gasteiger partial charge in [0.1, 0.15) is 0 Å². The molecular formula is C10H6N4O7. The summed E-state index contributed by atoms with van der Waals surface area (Å²) < 4.78 is 0. The second-order valence-corrected chi connectivity index (χ2v) is 2.79. The molecular weight excluding hydrogens is 288 g/mol. The number of nitrogens with one attached hydrogen (secondary N) is 2. The zero-order valence-corrected chi connectivity index (χ0v) is 10.1. The van der Waals surface area contributed by atoms with Gasteiger partial charge in [0.25, 0.3) is 23.6 Å². The molecule has 0 spiro atoms. The fraction of sp³-hybridized carbons (Fsp3) is 0. The molecule has 2 N–H and O–H groups in total. The summed E-state index contributed by atoms with van der Waals surface area (Å²) >= 11 is 0. The predicted molar refractivity (Wildman–Crippen MR) is 59.1 cm³/mol. The van der Waals surface area contributed by atoms with Crippen molar-refractivity contribution in [3.63, 3.8) is 0 Å². The molecule has 2 heterocycles. The van der Waals surface area contributed by atoms with E-state index in [1.807, 2.05) is 10.6 Å². The Hall–Kier alpha value is -3.70. The standard InChI is InChI=1S/2C4H3NO2.C2N2O3/c2*6-3-1-2-4(7)5-3;3-1-5-7-6-2-4/h2*1-2H,(H,5,6,7);. The third-order valence-corrected chi connectivity index (χ3v) is 1.41. The van der Waals surface area contributed by atoms with E-state index < -0.39 is 0 Å². The zero-order valence-electron chi connectivity index (χ0n) is 10.1. The number of carbonyl (C=O) groups is 4. The number of amides is 4. The van der Waals surface area contributed by atoms with Crippen LogP contribution in [0.25, 0.3) is 0 Å². The van der Waals surface area contributed by atoms with E-state index in [2.05, 4.69) is 14.8 Å². The summed E-state index contributed by atoms with van der Waals surface area (Å²) in [5.41, 5.74) is 0. The first-order valence-electron chi connectivity index (χ1n) is 4.83. The molecule has 0 atom stereocenters. The van der Waals surface area contributed by atoms with Gasteiger partial charge in [0, 0.05) is 24.3 Å². The van der Waals surface area contributed by atoms with Gasteiger partial charge >= 0.3 is 12.5 Å². The molecule has 0 aromatic heterocycles. The molecule has 0 aromatic carbocycles. The average Bonchev–Trinajstić information content (AvgIpc) is 3.00. The Labute approximate surface area is 116 Å². The highest BCUT2D eigenvalue weighted by Crippen LogP contribution is 1.83. The van der Waals surface area contributed by atoms with E-state index in [1.54, 1.807) is 0 Å². The number of nitriles is 2. The monoisotopic (exact) mass is 294 g/mol. The van der Waals surface area contributed by atoms with Crippen LogP contribution in [0.5, 0.6) is 0 Å². The number of nitrogens with zero attached hydrogens (tertiary/aromatic N) is 2. The Morgan fingerprint density at radius 1 is 0.714 bits per heavy atom. The number of carbonyl (C=O) groups excluding carboxylic acids is 4. The minimum absolute atomic E-state index is 0.329. The minimum Gasteiger partial charge on any atom is -0.289 e. The van der Waals surface area contributed by atoms with Crippen molar-refractivity contribution < 1.29 is 34.0 Å². The maximum atomic E-state index is 10.0. The van der Waals surface area contributed by atoms with Crippen molar-refractivity contribution >= 4 is 23.6 Å². The molecule has 0 unspecified atom stereocenters. The van der Waals surface area contributed by atoms with E-state index in [9.17, 15) is 19.2 Å². The smallest absolute Gasteiger partial charge is 0.289 e.